The molecule has 16 heavy (non-hydrogen) atoms. The molecule has 0 aromatic heterocycles. The molecule has 0 aromatic rings. The van der Waals surface area contributed by atoms with Gasteiger partial charge < -0.3 is 15.2 Å². The van der Waals surface area contributed by atoms with Gasteiger partial charge in [-0.3, -0.25) is 0 Å². The molecule has 2 fully saturated rings. The van der Waals surface area contributed by atoms with Crippen LogP contribution in [0.15, 0.2) is 0 Å². The van der Waals surface area contributed by atoms with Gasteiger partial charge in [0.1, 0.15) is 0 Å². The number of rotatable bonds is 6. The maximum atomic E-state index is 6.15. The fraction of sp³-hybridized carbons (Fsp3) is 1.00. The molecule has 2 atom stereocenters. The molecule has 2 aliphatic rings. The van der Waals surface area contributed by atoms with Crippen molar-refractivity contribution in [3.8, 4) is 0 Å². The average Bonchev–Trinajstić information content (AvgIpc) is 2.79. The number of hydrogen-bond acceptors (Lipinski definition) is 3. The number of nitrogens with two attached hydrogens (primary N) is 1. The first-order valence-corrected chi connectivity index (χ1v) is 6.74. The molecular formula is C13H25NO2. The SMILES string of the molecule is CCCOCCOC1CC(N)C12CCCC2. The second-order valence-corrected chi connectivity index (χ2v) is 5.25. The monoisotopic (exact) mass is 227 g/mol. The lowest BCUT2D eigenvalue weighted by atomic mass is 9.61. The predicted molar refractivity (Wildman–Crippen MR) is 64.3 cm³/mol. The Balaban J connectivity index is 1.66. The third-order valence-electron chi connectivity index (χ3n) is 4.28. The Kier molecular flexibility index (Phi) is 4.22. The van der Waals surface area contributed by atoms with Gasteiger partial charge in [-0.2, -0.15) is 0 Å². The van der Waals surface area contributed by atoms with E-state index in [0.717, 1.165) is 32.7 Å². The summed E-state index contributed by atoms with van der Waals surface area (Å²) in [6, 6.07) is 0.386. The lowest BCUT2D eigenvalue weighted by Crippen LogP contribution is -2.61. The van der Waals surface area contributed by atoms with Gasteiger partial charge in [-0.15, -0.1) is 0 Å². The van der Waals surface area contributed by atoms with Crippen LogP contribution < -0.4 is 5.73 Å². The topological polar surface area (TPSA) is 44.5 Å². The molecule has 2 aliphatic carbocycles. The van der Waals surface area contributed by atoms with Gasteiger partial charge in [-0.25, -0.2) is 0 Å². The lowest BCUT2D eigenvalue weighted by Gasteiger charge is -2.52. The minimum atomic E-state index is 0.338. The average molecular weight is 227 g/mol. The van der Waals surface area contributed by atoms with Gasteiger partial charge >= 0.3 is 0 Å². The van der Waals surface area contributed by atoms with Gasteiger partial charge in [-0.05, 0) is 25.7 Å². The van der Waals surface area contributed by atoms with Gasteiger partial charge in [0.05, 0.1) is 19.3 Å². The van der Waals surface area contributed by atoms with Crippen molar-refractivity contribution in [3.63, 3.8) is 0 Å². The van der Waals surface area contributed by atoms with Crippen LogP contribution in [0.2, 0.25) is 0 Å². The highest BCUT2D eigenvalue weighted by atomic mass is 16.5. The van der Waals surface area contributed by atoms with E-state index in [1.54, 1.807) is 0 Å². The Hall–Kier alpha value is -0.120. The molecule has 0 saturated heterocycles. The highest BCUT2D eigenvalue weighted by Crippen LogP contribution is 2.53. The number of ether oxygens (including phenoxy) is 2. The Morgan fingerprint density at radius 1 is 1.19 bits per heavy atom. The van der Waals surface area contributed by atoms with Crippen molar-refractivity contribution in [3.05, 3.63) is 0 Å². The van der Waals surface area contributed by atoms with E-state index in [4.69, 9.17) is 15.2 Å². The van der Waals surface area contributed by atoms with Crippen LogP contribution in [0.1, 0.15) is 45.4 Å². The first-order valence-electron chi connectivity index (χ1n) is 6.74. The summed E-state index contributed by atoms with van der Waals surface area (Å²) in [7, 11) is 0. The summed E-state index contributed by atoms with van der Waals surface area (Å²) in [5, 5.41) is 0. The van der Waals surface area contributed by atoms with Crippen LogP contribution in [-0.2, 0) is 9.47 Å². The van der Waals surface area contributed by atoms with Crippen LogP contribution in [0, 0.1) is 5.41 Å². The summed E-state index contributed by atoms with van der Waals surface area (Å²) in [4.78, 5) is 0. The normalized spacial score (nSPS) is 31.9. The maximum Gasteiger partial charge on any atom is 0.0704 e. The molecule has 2 saturated carbocycles. The van der Waals surface area contributed by atoms with Gasteiger partial charge in [0.25, 0.3) is 0 Å². The second-order valence-electron chi connectivity index (χ2n) is 5.25. The molecule has 0 bridgehead atoms. The molecular weight excluding hydrogens is 202 g/mol. The predicted octanol–water partition coefficient (Wildman–Crippen LogP) is 2.09. The second kappa shape index (κ2) is 5.48. The van der Waals surface area contributed by atoms with E-state index in [1.807, 2.05) is 0 Å². The first-order chi connectivity index (χ1) is 7.79. The smallest absolute Gasteiger partial charge is 0.0704 e. The molecule has 3 nitrogen and oxygen atoms in total. The Morgan fingerprint density at radius 2 is 1.94 bits per heavy atom. The van der Waals surface area contributed by atoms with E-state index >= 15 is 0 Å². The summed E-state index contributed by atoms with van der Waals surface area (Å²) in [6.07, 6.45) is 7.75. The van der Waals surface area contributed by atoms with E-state index in [9.17, 15) is 0 Å². The fourth-order valence-electron chi connectivity index (χ4n) is 3.23. The highest BCUT2D eigenvalue weighted by Gasteiger charge is 2.54. The van der Waals surface area contributed by atoms with Crippen LogP contribution in [0.4, 0.5) is 0 Å². The molecule has 0 aliphatic heterocycles. The van der Waals surface area contributed by atoms with Crippen LogP contribution in [-0.4, -0.2) is 32.0 Å². The molecule has 0 radical (unpaired) electrons. The van der Waals surface area contributed by atoms with E-state index in [2.05, 4.69) is 6.92 Å². The molecule has 3 heteroatoms. The molecule has 2 N–H and O–H groups in total. The summed E-state index contributed by atoms with van der Waals surface area (Å²) in [6.45, 7) is 4.44. The van der Waals surface area contributed by atoms with Crippen molar-refractivity contribution in [2.24, 2.45) is 11.1 Å². The zero-order valence-corrected chi connectivity index (χ0v) is 10.4. The molecule has 1 spiro atoms. The molecule has 0 amide bonds. The van der Waals surface area contributed by atoms with Crippen LogP contribution in [0.5, 0.6) is 0 Å². The van der Waals surface area contributed by atoms with Crippen molar-refractivity contribution < 1.29 is 9.47 Å². The van der Waals surface area contributed by atoms with Crippen molar-refractivity contribution in [1.82, 2.24) is 0 Å². The zero-order chi connectivity index (χ0) is 11.4. The fourth-order valence-corrected chi connectivity index (χ4v) is 3.23. The van der Waals surface area contributed by atoms with Gasteiger partial charge in [0.2, 0.25) is 0 Å². The van der Waals surface area contributed by atoms with Crippen molar-refractivity contribution in [2.75, 3.05) is 19.8 Å². The Morgan fingerprint density at radius 3 is 2.56 bits per heavy atom. The first kappa shape index (κ1) is 12.3. The van der Waals surface area contributed by atoms with Crippen LogP contribution >= 0.6 is 0 Å². The summed E-state index contributed by atoms with van der Waals surface area (Å²) in [5.74, 6) is 0. The van der Waals surface area contributed by atoms with E-state index in [0.29, 0.717) is 17.6 Å². The van der Waals surface area contributed by atoms with Gasteiger partial charge in [-0.1, -0.05) is 19.8 Å². The summed E-state index contributed by atoms with van der Waals surface area (Å²) >= 11 is 0. The van der Waals surface area contributed by atoms with E-state index < -0.39 is 0 Å². The maximum absolute atomic E-state index is 6.15. The minimum Gasteiger partial charge on any atom is -0.379 e. The molecule has 0 heterocycles. The van der Waals surface area contributed by atoms with Crippen LogP contribution in [0.3, 0.4) is 0 Å². The lowest BCUT2D eigenvalue weighted by molar-refractivity contribution is -0.132. The van der Waals surface area contributed by atoms with Gasteiger partial charge in [0.15, 0.2) is 0 Å². The standard InChI is InChI=1S/C13H25NO2/c1-2-7-15-8-9-16-12-10-11(14)13(12)5-3-4-6-13/h11-12H,2-10,14H2,1H3. The van der Waals surface area contributed by atoms with Crippen molar-refractivity contribution in [2.45, 2.75) is 57.6 Å². The zero-order valence-electron chi connectivity index (χ0n) is 10.4. The summed E-state index contributed by atoms with van der Waals surface area (Å²) in [5.41, 5.74) is 6.49. The van der Waals surface area contributed by atoms with Crippen LogP contribution in [0.25, 0.3) is 0 Å². The third-order valence-corrected chi connectivity index (χ3v) is 4.28. The van der Waals surface area contributed by atoms with E-state index in [-0.39, 0.29) is 0 Å². The Labute approximate surface area is 98.7 Å². The Bertz CT molecular complexity index is 214. The molecule has 2 unspecified atom stereocenters. The molecule has 0 aromatic carbocycles. The summed E-state index contributed by atoms with van der Waals surface area (Å²) < 4.78 is 11.4. The van der Waals surface area contributed by atoms with E-state index in [1.165, 1.54) is 25.7 Å². The largest absolute Gasteiger partial charge is 0.379 e. The van der Waals surface area contributed by atoms with Crippen molar-refractivity contribution in [1.29, 1.82) is 0 Å². The molecule has 94 valence electrons. The number of hydrogen-bond donors (Lipinski definition) is 1. The molecule has 2 rings (SSSR count). The van der Waals surface area contributed by atoms with Gasteiger partial charge in [0, 0.05) is 18.1 Å². The minimum absolute atomic E-state index is 0.338. The third kappa shape index (κ3) is 2.27. The highest BCUT2D eigenvalue weighted by molar-refractivity contribution is 5.08. The van der Waals surface area contributed by atoms with Crippen molar-refractivity contribution >= 4 is 0 Å². The quantitative estimate of drug-likeness (QED) is 0.707.